The van der Waals surface area contributed by atoms with Gasteiger partial charge in [-0.2, -0.15) is 0 Å². The molecular weight excluding hydrogens is 313 g/mol. The Morgan fingerprint density at radius 3 is 2.86 bits per heavy atom. The van der Waals surface area contributed by atoms with Crippen molar-refractivity contribution in [3.8, 4) is 11.3 Å². The van der Waals surface area contributed by atoms with Crippen LogP contribution < -0.4 is 11.1 Å². The molecule has 1 heterocycles. The van der Waals surface area contributed by atoms with Crippen molar-refractivity contribution in [2.75, 3.05) is 11.9 Å². The number of nitrogens with one attached hydrogen (secondary N) is 1. The first-order valence-electron chi connectivity index (χ1n) is 6.24. The average molecular weight is 330 g/mol. The maximum absolute atomic E-state index is 13.2. The summed E-state index contributed by atoms with van der Waals surface area (Å²) in [5, 5.41) is 5.07. The van der Waals surface area contributed by atoms with E-state index >= 15 is 0 Å². The Bertz CT molecular complexity index is 632. The standard InChI is InChI=1S/C14H16FN3OS.ClH/c1-8-5-10(3-4-11(8)15)12-7-20-14(17-12)18-13(19)9(2)6-16;/h3-5,7,9H,6,16H2,1-2H3,(H,17,18,19);1H. The second-order valence-electron chi connectivity index (χ2n) is 4.63. The summed E-state index contributed by atoms with van der Waals surface area (Å²) in [5.74, 6) is -0.645. The number of benzene rings is 1. The topological polar surface area (TPSA) is 68.0 Å². The number of nitrogens with zero attached hydrogens (tertiary/aromatic N) is 1. The molecule has 0 aliphatic rings. The van der Waals surface area contributed by atoms with Gasteiger partial charge in [-0.05, 0) is 30.7 Å². The zero-order chi connectivity index (χ0) is 14.7. The molecule has 1 unspecified atom stereocenters. The number of aryl methyl sites for hydroxylation is 1. The van der Waals surface area contributed by atoms with E-state index in [1.165, 1.54) is 17.4 Å². The third-order valence-corrected chi connectivity index (χ3v) is 3.75. The molecule has 0 fully saturated rings. The number of thiazole rings is 1. The van der Waals surface area contributed by atoms with Gasteiger partial charge >= 0.3 is 0 Å². The van der Waals surface area contributed by atoms with Crippen molar-refractivity contribution < 1.29 is 9.18 Å². The molecule has 0 aliphatic heterocycles. The van der Waals surface area contributed by atoms with Gasteiger partial charge in [0.2, 0.25) is 5.91 Å². The normalized spacial score (nSPS) is 11.6. The highest BCUT2D eigenvalue weighted by molar-refractivity contribution is 7.14. The predicted octanol–water partition coefficient (Wildman–Crippen LogP) is 3.21. The van der Waals surface area contributed by atoms with Crippen LogP contribution >= 0.6 is 23.7 Å². The maximum Gasteiger partial charge on any atom is 0.230 e. The predicted molar refractivity (Wildman–Crippen MR) is 86.3 cm³/mol. The minimum atomic E-state index is -0.254. The first kappa shape index (κ1) is 17.6. The number of anilines is 1. The van der Waals surface area contributed by atoms with E-state index in [0.717, 1.165) is 5.56 Å². The van der Waals surface area contributed by atoms with Crippen molar-refractivity contribution in [3.05, 3.63) is 35.0 Å². The van der Waals surface area contributed by atoms with Crippen LogP contribution in [0.2, 0.25) is 0 Å². The fourth-order valence-electron chi connectivity index (χ4n) is 1.60. The Labute approximate surface area is 133 Å². The van der Waals surface area contributed by atoms with E-state index in [1.54, 1.807) is 26.0 Å². The van der Waals surface area contributed by atoms with Crippen LogP contribution in [0.5, 0.6) is 0 Å². The van der Waals surface area contributed by atoms with Gasteiger partial charge in [-0.25, -0.2) is 9.37 Å². The number of nitrogens with two attached hydrogens (primary N) is 1. The summed E-state index contributed by atoms with van der Waals surface area (Å²) in [5.41, 5.74) is 7.55. The minimum Gasteiger partial charge on any atom is -0.330 e. The summed E-state index contributed by atoms with van der Waals surface area (Å²) in [6.07, 6.45) is 0. The van der Waals surface area contributed by atoms with Crippen LogP contribution in [0, 0.1) is 18.7 Å². The highest BCUT2D eigenvalue weighted by Gasteiger charge is 2.13. The Morgan fingerprint density at radius 2 is 2.24 bits per heavy atom. The van der Waals surface area contributed by atoms with Crippen molar-refractivity contribution in [1.82, 2.24) is 4.98 Å². The first-order valence-corrected chi connectivity index (χ1v) is 7.12. The summed E-state index contributed by atoms with van der Waals surface area (Å²) < 4.78 is 13.2. The molecule has 21 heavy (non-hydrogen) atoms. The largest absolute Gasteiger partial charge is 0.330 e. The van der Waals surface area contributed by atoms with Crippen molar-refractivity contribution in [2.24, 2.45) is 11.7 Å². The van der Waals surface area contributed by atoms with E-state index in [9.17, 15) is 9.18 Å². The summed E-state index contributed by atoms with van der Waals surface area (Å²) in [4.78, 5) is 16.0. The zero-order valence-corrected chi connectivity index (χ0v) is 13.4. The highest BCUT2D eigenvalue weighted by atomic mass is 35.5. The molecule has 1 atom stereocenters. The molecule has 2 aromatic rings. The highest BCUT2D eigenvalue weighted by Crippen LogP contribution is 2.26. The van der Waals surface area contributed by atoms with Crippen LogP contribution in [0.15, 0.2) is 23.6 Å². The first-order chi connectivity index (χ1) is 9.51. The molecule has 0 saturated carbocycles. The Balaban J connectivity index is 0.00000220. The van der Waals surface area contributed by atoms with E-state index in [0.29, 0.717) is 22.9 Å². The molecule has 1 aromatic heterocycles. The number of hydrogen-bond acceptors (Lipinski definition) is 4. The molecular formula is C14H17ClFN3OS. The molecule has 0 aliphatic carbocycles. The number of carbonyl (C=O) groups excluding carboxylic acids is 1. The monoisotopic (exact) mass is 329 g/mol. The molecule has 7 heteroatoms. The second kappa shape index (κ2) is 7.49. The quantitative estimate of drug-likeness (QED) is 0.905. The molecule has 1 amide bonds. The van der Waals surface area contributed by atoms with Gasteiger partial charge in [0.05, 0.1) is 5.69 Å². The lowest BCUT2D eigenvalue weighted by Gasteiger charge is -2.06. The number of rotatable bonds is 4. The third-order valence-electron chi connectivity index (χ3n) is 2.99. The van der Waals surface area contributed by atoms with E-state index in [-0.39, 0.29) is 30.0 Å². The molecule has 4 nitrogen and oxygen atoms in total. The van der Waals surface area contributed by atoms with Crippen LogP contribution in [0.1, 0.15) is 12.5 Å². The fourth-order valence-corrected chi connectivity index (χ4v) is 2.33. The van der Waals surface area contributed by atoms with E-state index < -0.39 is 0 Å². The van der Waals surface area contributed by atoms with Crippen molar-refractivity contribution in [2.45, 2.75) is 13.8 Å². The fraction of sp³-hybridized carbons (Fsp3) is 0.286. The van der Waals surface area contributed by atoms with Gasteiger partial charge in [0.1, 0.15) is 5.82 Å². The van der Waals surface area contributed by atoms with Gasteiger partial charge in [-0.15, -0.1) is 23.7 Å². The lowest BCUT2D eigenvalue weighted by atomic mass is 10.1. The number of aromatic nitrogens is 1. The Morgan fingerprint density at radius 1 is 1.52 bits per heavy atom. The molecule has 0 saturated heterocycles. The van der Waals surface area contributed by atoms with Gasteiger partial charge in [-0.1, -0.05) is 6.92 Å². The molecule has 114 valence electrons. The van der Waals surface area contributed by atoms with E-state index in [4.69, 9.17) is 5.73 Å². The van der Waals surface area contributed by atoms with E-state index in [2.05, 4.69) is 10.3 Å². The van der Waals surface area contributed by atoms with Gasteiger partial charge in [0.25, 0.3) is 0 Å². The van der Waals surface area contributed by atoms with Crippen LogP contribution in [-0.4, -0.2) is 17.4 Å². The van der Waals surface area contributed by atoms with Crippen molar-refractivity contribution in [1.29, 1.82) is 0 Å². The van der Waals surface area contributed by atoms with Gasteiger partial charge in [0.15, 0.2) is 5.13 Å². The number of halogens is 2. The Kier molecular flexibility index (Phi) is 6.26. The molecule has 3 N–H and O–H groups in total. The van der Waals surface area contributed by atoms with Crippen molar-refractivity contribution >= 4 is 34.8 Å². The zero-order valence-electron chi connectivity index (χ0n) is 11.7. The SMILES string of the molecule is Cc1cc(-c2csc(NC(=O)C(C)CN)n2)ccc1F.Cl. The van der Waals surface area contributed by atoms with Crippen LogP contribution in [0.3, 0.4) is 0 Å². The lowest BCUT2D eigenvalue weighted by Crippen LogP contribution is -2.26. The number of carbonyl (C=O) groups is 1. The third kappa shape index (κ3) is 4.23. The minimum absolute atomic E-state index is 0. The van der Waals surface area contributed by atoms with Gasteiger partial charge in [0, 0.05) is 23.4 Å². The van der Waals surface area contributed by atoms with Crippen LogP contribution in [0.4, 0.5) is 9.52 Å². The number of hydrogen-bond donors (Lipinski definition) is 2. The Hall–Kier alpha value is -1.50. The van der Waals surface area contributed by atoms with Gasteiger partial charge in [-0.3, -0.25) is 4.79 Å². The number of amides is 1. The average Bonchev–Trinajstić information content (AvgIpc) is 2.89. The second-order valence-corrected chi connectivity index (χ2v) is 5.49. The molecule has 1 aromatic carbocycles. The molecule has 0 spiro atoms. The molecule has 0 radical (unpaired) electrons. The summed E-state index contributed by atoms with van der Waals surface area (Å²) >= 11 is 1.33. The summed E-state index contributed by atoms with van der Waals surface area (Å²) in [6.45, 7) is 3.76. The smallest absolute Gasteiger partial charge is 0.230 e. The van der Waals surface area contributed by atoms with Crippen LogP contribution in [-0.2, 0) is 4.79 Å². The van der Waals surface area contributed by atoms with Gasteiger partial charge < -0.3 is 11.1 Å². The summed E-state index contributed by atoms with van der Waals surface area (Å²) in [6, 6.07) is 4.82. The lowest BCUT2D eigenvalue weighted by molar-refractivity contribution is -0.119. The summed E-state index contributed by atoms with van der Waals surface area (Å²) in [7, 11) is 0. The van der Waals surface area contributed by atoms with E-state index in [1.807, 2.05) is 5.38 Å². The molecule has 0 bridgehead atoms. The van der Waals surface area contributed by atoms with Crippen LogP contribution in [0.25, 0.3) is 11.3 Å². The maximum atomic E-state index is 13.2. The van der Waals surface area contributed by atoms with Crippen molar-refractivity contribution in [3.63, 3.8) is 0 Å². The molecule has 2 rings (SSSR count).